The molecule has 0 spiro atoms. The van der Waals surface area contributed by atoms with Crippen molar-refractivity contribution < 1.29 is 14.3 Å². The molecule has 1 amide bonds. The van der Waals surface area contributed by atoms with E-state index in [1.807, 2.05) is 6.07 Å². The van der Waals surface area contributed by atoms with Gasteiger partial charge in [0, 0.05) is 11.3 Å². The molecule has 0 radical (unpaired) electrons. The Kier molecular flexibility index (Phi) is 5.96. The molecule has 0 aliphatic heterocycles. The number of amides is 1. The molecule has 29 heavy (non-hydrogen) atoms. The van der Waals surface area contributed by atoms with Crippen LogP contribution in [0.3, 0.4) is 0 Å². The van der Waals surface area contributed by atoms with Gasteiger partial charge in [-0.3, -0.25) is 4.79 Å². The number of esters is 1. The van der Waals surface area contributed by atoms with Gasteiger partial charge in [0.25, 0.3) is 5.91 Å². The molecule has 2 aromatic carbocycles. The van der Waals surface area contributed by atoms with Crippen LogP contribution in [-0.2, 0) is 4.74 Å². The van der Waals surface area contributed by atoms with Gasteiger partial charge in [0.1, 0.15) is 11.6 Å². The molecule has 8 heteroatoms. The van der Waals surface area contributed by atoms with E-state index in [2.05, 4.69) is 10.4 Å². The third-order valence-electron chi connectivity index (χ3n) is 4.23. The highest BCUT2D eigenvalue weighted by Gasteiger charge is 2.16. The van der Waals surface area contributed by atoms with Gasteiger partial charge in [-0.25, -0.2) is 9.48 Å². The summed E-state index contributed by atoms with van der Waals surface area (Å²) in [5.74, 6) is -0.741. The number of halogens is 1. The molecule has 0 saturated heterocycles. The summed E-state index contributed by atoms with van der Waals surface area (Å²) < 4.78 is 6.62. The van der Waals surface area contributed by atoms with E-state index in [1.165, 1.54) is 12.3 Å². The Labute approximate surface area is 172 Å². The Balaban J connectivity index is 1.77. The highest BCUT2D eigenvalue weighted by Crippen LogP contribution is 2.21. The van der Waals surface area contributed by atoms with Crippen LogP contribution in [0.4, 0.5) is 5.69 Å². The second-order valence-electron chi connectivity index (χ2n) is 6.08. The smallest absolute Gasteiger partial charge is 0.341 e. The predicted octanol–water partition coefficient (Wildman–Crippen LogP) is 4.13. The van der Waals surface area contributed by atoms with E-state index in [4.69, 9.17) is 21.6 Å². The van der Waals surface area contributed by atoms with Gasteiger partial charge in [0.15, 0.2) is 0 Å². The summed E-state index contributed by atoms with van der Waals surface area (Å²) in [5, 5.41) is 16.2. The minimum atomic E-state index is -0.423. The van der Waals surface area contributed by atoms with Gasteiger partial charge in [-0.2, -0.15) is 10.4 Å². The van der Waals surface area contributed by atoms with Gasteiger partial charge in [-0.05, 0) is 56.3 Å². The molecule has 7 nitrogen and oxygen atoms in total. The molecule has 3 aromatic rings. The van der Waals surface area contributed by atoms with Gasteiger partial charge < -0.3 is 10.1 Å². The second kappa shape index (κ2) is 8.59. The number of nitrogens with one attached hydrogen (secondary N) is 1. The monoisotopic (exact) mass is 408 g/mol. The quantitative estimate of drug-likeness (QED) is 0.640. The van der Waals surface area contributed by atoms with Crippen LogP contribution in [0.25, 0.3) is 5.69 Å². The minimum Gasteiger partial charge on any atom is -0.462 e. The molecule has 0 saturated carbocycles. The number of hydrogen-bond donors (Lipinski definition) is 1. The van der Waals surface area contributed by atoms with Crippen molar-refractivity contribution in [3.63, 3.8) is 0 Å². The number of aromatic nitrogens is 2. The molecule has 1 heterocycles. The summed E-state index contributed by atoms with van der Waals surface area (Å²) in [6.45, 7) is 3.81. The van der Waals surface area contributed by atoms with Crippen LogP contribution in [0, 0.1) is 18.3 Å². The van der Waals surface area contributed by atoms with Crippen LogP contribution in [0.15, 0.2) is 48.7 Å². The van der Waals surface area contributed by atoms with Gasteiger partial charge in [0.05, 0.1) is 34.8 Å². The standard InChI is InChI=1S/C21H17ClN4O3/c1-3-29-21(28)18-12-24-26(13(18)2)17-8-5-14(6-9-17)20(27)25-16-7-4-15(11-23)19(22)10-16/h4-10,12H,3H2,1-2H3,(H,25,27). The molecular weight excluding hydrogens is 392 g/mol. The van der Waals surface area contributed by atoms with Crippen LogP contribution < -0.4 is 5.32 Å². The number of carbonyl (C=O) groups excluding carboxylic acids is 2. The van der Waals surface area contributed by atoms with E-state index in [1.54, 1.807) is 54.9 Å². The largest absolute Gasteiger partial charge is 0.462 e. The molecular formula is C21H17ClN4O3. The van der Waals surface area contributed by atoms with Gasteiger partial charge in [-0.1, -0.05) is 11.6 Å². The predicted molar refractivity (Wildman–Crippen MR) is 108 cm³/mol. The van der Waals surface area contributed by atoms with E-state index in [9.17, 15) is 9.59 Å². The van der Waals surface area contributed by atoms with Gasteiger partial charge in [-0.15, -0.1) is 0 Å². The summed E-state index contributed by atoms with van der Waals surface area (Å²) in [6.07, 6.45) is 1.46. The summed E-state index contributed by atoms with van der Waals surface area (Å²) in [6, 6.07) is 13.4. The fraction of sp³-hybridized carbons (Fsp3) is 0.143. The Morgan fingerprint density at radius 3 is 2.59 bits per heavy atom. The lowest BCUT2D eigenvalue weighted by Gasteiger charge is -2.08. The topological polar surface area (TPSA) is 97.0 Å². The number of nitriles is 1. The third-order valence-corrected chi connectivity index (χ3v) is 4.54. The number of anilines is 1. The Morgan fingerprint density at radius 1 is 1.24 bits per heavy atom. The first-order chi connectivity index (χ1) is 13.9. The summed E-state index contributed by atoms with van der Waals surface area (Å²) in [5.41, 5.74) is 3.01. The van der Waals surface area contributed by atoms with E-state index in [0.717, 1.165) is 0 Å². The maximum absolute atomic E-state index is 12.5. The first-order valence-electron chi connectivity index (χ1n) is 8.77. The van der Waals surface area contributed by atoms with Crippen LogP contribution in [0.2, 0.25) is 5.02 Å². The Bertz CT molecular complexity index is 1110. The van der Waals surface area contributed by atoms with Crippen molar-refractivity contribution in [1.82, 2.24) is 9.78 Å². The second-order valence-corrected chi connectivity index (χ2v) is 6.49. The van der Waals surface area contributed by atoms with Gasteiger partial charge >= 0.3 is 5.97 Å². The average molecular weight is 409 g/mol. The maximum atomic E-state index is 12.5. The van der Waals surface area contributed by atoms with Gasteiger partial charge in [0.2, 0.25) is 0 Å². The first kappa shape index (κ1) is 20.1. The van der Waals surface area contributed by atoms with Crippen LogP contribution in [0.1, 0.15) is 38.9 Å². The molecule has 1 N–H and O–H groups in total. The van der Waals surface area contributed by atoms with Crippen LogP contribution >= 0.6 is 11.6 Å². The van der Waals surface area contributed by atoms with Crippen molar-refractivity contribution >= 4 is 29.2 Å². The Morgan fingerprint density at radius 2 is 1.97 bits per heavy atom. The van der Waals surface area contributed by atoms with Crippen molar-refractivity contribution in [3.8, 4) is 11.8 Å². The van der Waals surface area contributed by atoms with E-state index >= 15 is 0 Å². The molecule has 1 aromatic heterocycles. The SMILES string of the molecule is CCOC(=O)c1cnn(-c2ccc(C(=O)Nc3ccc(C#N)c(Cl)c3)cc2)c1C. The number of benzene rings is 2. The van der Waals surface area contributed by atoms with E-state index in [-0.39, 0.29) is 17.5 Å². The average Bonchev–Trinajstić information content (AvgIpc) is 3.10. The zero-order valence-electron chi connectivity index (χ0n) is 15.8. The lowest BCUT2D eigenvalue weighted by molar-refractivity contribution is 0.0525. The molecule has 0 bridgehead atoms. The molecule has 3 rings (SSSR count). The Hall–Kier alpha value is -3.63. The fourth-order valence-corrected chi connectivity index (χ4v) is 2.94. The third kappa shape index (κ3) is 4.28. The molecule has 0 unspecified atom stereocenters. The van der Waals surface area contributed by atoms with Crippen molar-refractivity contribution in [2.45, 2.75) is 13.8 Å². The zero-order valence-corrected chi connectivity index (χ0v) is 16.5. The molecule has 0 aliphatic rings. The molecule has 0 aliphatic carbocycles. The molecule has 0 fully saturated rings. The molecule has 146 valence electrons. The van der Waals surface area contributed by atoms with Crippen molar-refractivity contribution in [2.24, 2.45) is 0 Å². The van der Waals surface area contributed by atoms with Crippen molar-refractivity contribution in [2.75, 3.05) is 11.9 Å². The normalized spacial score (nSPS) is 10.3. The maximum Gasteiger partial charge on any atom is 0.341 e. The zero-order chi connectivity index (χ0) is 21.0. The first-order valence-corrected chi connectivity index (χ1v) is 9.15. The highest BCUT2D eigenvalue weighted by molar-refractivity contribution is 6.32. The van der Waals surface area contributed by atoms with Crippen molar-refractivity contribution in [3.05, 3.63) is 76.1 Å². The lowest BCUT2D eigenvalue weighted by atomic mass is 10.1. The number of carbonyl (C=O) groups is 2. The van der Waals surface area contributed by atoms with Crippen LogP contribution in [0.5, 0.6) is 0 Å². The summed E-state index contributed by atoms with van der Waals surface area (Å²) in [7, 11) is 0. The number of hydrogen-bond acceptors (Lipinski definition) is 5. The number of nitrogens with zero attached hydrogens (tertiary/aromatic N) is 3. The minimum absolute atomic E-state index is 0.271. The van der Waals surface area contributed by atoms with Crippen molar-refractivity contribution in [1.29, 1.82) is 5.26 Å². The number of ether oxygens (including phenoxy) is 1. The van der Waals surface area contributed by atoms with Crippen LogP contribution in [-0.4, -0.2) is 28.3 Å². The lowest BCUT2D eigenvalue weighted by Crippen LogP contribution is -2.12. The molecule has 0 atom stereocenters. The summed E-state index contributed by atoms with van der Waals surface area (Å²) in [4.78, 5) is 24.4. The summed E-state index contributed by atoms with van der Waals surface area (Å²) >= 11 is 5.99. The van der Waals surface area contributed by atoms with E-state index in [0.29, 0.717) is 33.8 Å². The van der Waals surface area contributed by atoms with E-state index < -0.39 is 5.97 Å². The number of rotatable bonds is 5. The fourth-order valence-electron chi connectivity index (χ4n) is 2.72. The highest BCUT2D eigenvalue weighted by atomic mass is 35.5.